The SMILES string of the molecule is COC(=O)Cc1cc(CBr)cc(F)c1C#N. The number of hydrogen-bond donors (Lipinski definition) is 0. The molecular weight excluding hydrogens is 277 g/mol. The first-order valence-corrected chi connectivity index (χ1v) is 5.58. The fourth-order valence-corrected chi connectivity index (χ4v) is 1.62. The van der Waals surface area contributed by atoms with Gasteiger partial charge in [0.1, 0.15) is 11.9 Å². The van der Waals surface area contributed by atoms with Crippen molar-refractivity contribution in [1.82, 2.24) is 0 Å². The van der Waals surface area contributed by atoms with Crippen LogP contribution < -0.4 is 0 Å². The standard InChI is InChI=1S/C11H9BrFNO2/c1-16-11(15)4-8-2-7(5-12)3-10(13)9(8)6-14/h2-3H,4-5H2,1H3. The molecule has 0 unspecified atom stereocenters. The lowest BCUT2D eigenvalue weighted by Gasteiger charge is -2.06. The molecule has 0 aliphatic rings. The molecule has 0 radical (unpaired) electrons. The van der Waals surface area contributed by atoms with Crippen LogP contribution in [-0.2, 0) is 21.3 Å². The first-order valence-electron chi connectivity index (χ1n) is 4.46. The number of nitriles is 1. The van der Waals surface area contributed by atoms with E-state index in [0.717, 1.165) is 0 Å². The van der Waals surface area contributed by atoms with Gasteiger partial charge in [-0.2, -0.15) is 5.26 Å². The summed E-state index contributed by atoms with van der Waals surface area (Å²) in [6, 6.07) is 4.64. The Kier molecular flexibility index (Phi) is 4.44. The van der Waals surface area contributed by atoms with Crippen molar-refractivity contribution >= 4 is 21.9 Å². The molecule has 0 saturated heterocycles. The summed E-state index contributed by atoms with van der Waals surface area (Å²) < 4.78 is 17.9. The molecule has 1 aromatic carbocycles. The maximum absolute atomic E-state index is 13.5. The average Bonchev–Trinajstić information content (AvgIpc) is 2.28. The number of carbonyl (C=O) groups excluding carboxylic acids is 1. The Morgan fingerprint density at radius 3 is 2.81 bits per heavy atom. The number of carbonyl (C=O) groups is 1. The molecule has 5 heteroatoms. The van der Waals surface area contributed by atoms with Crippen LogP contribution in [0, 0.1) is 17.1 Å². The molecule has 84 valence electrons. The monoisotopic (exact) mass is 285 g/mol. The molecule has 0 fully saturated rings. The highest BCUT2D eigenvalue weighted by atomic mass is 79.9. The van der Waals surface area contributed by atoms with Crippen LogP contribution in [0.2, 0.25) is 0 Å². The second-order valence-electron chi connectivity index (χ2n) is 3.11. The zero-order chi connectivity index (χ0) is 12.1. The number of hydrogen-bond acceptors (Lipinski definition) is 3. The molecule has 0 N–H and O–H groups in total. The van der Waals surface area contributed by atoms with Gasteiger partial charge in [-0.25, -0.2) is 4.39 Å². The van der Waals surface area contributed by atoms with Crippen LogP contribution in [0.3, 0.4) is 0 Å². The largest absolute Gasteiger partial charge is 0.469 e. The molecule has 0 heterocycles. The number of rotatable bonds is 3. The van der Waals surface area contributed by atoms with Crippen LogP contribution >= 0.6 is 15.9 Å². The van der Waals surface area contributed by atoms with Crippen molar-refractivity contribution in [3.05, 3.63) is 34.6 Å². The van der Waals surface area contributed by atoms with E-state index in [-0.39, 0.29) is 12.0 Å². The minimum Gasteiger partial charge on any atom is -0.469 e. The van der Waals surface area contributed by atoms with Gasteiger partial charge >= 0.3 is 5.97 Å². The zero-order valence-electron chi connectivity index (χ0n) is 8.59. The maximum atomic E-state index is 13.5. The van der Waals surface area contributed by atoms with E-state index < -0.39 is 11.8 Å². The molecule has 0 atom stereocenters. The molecule has 0 bridgehead atoms. The Bertz CT molecular complexity index is 454. The van der Waals surface area contributed by atoms with Crippen molar-refractivity contribution in [1.29, 1.82) is 5.26 Å². The Labute approximate surface area is 101 Å². The summed E-state index contributed by atoms with van der Waals surface area (Å²) in [5, 5.41) is 9.26. The third-order valence-electron chi connectivity index (χ3n) is 2.06. The maximum Gasteiger partial charge on any atom is 0.310 e. The molecule has 0 saturated carbocycles. The van der Waals surface area contributed by atoms with Gasteiger partial charge in [0.25, 0.3) is 0 Å². The molecule has 0 spiro atoms. The summed E-state index contributed by atoms with van der Waals surface area (Å²) in [7, 11) is 1.25. The Hall–Kier alpha value is -1.41. The number of esters is 1. The van der Waals surface area contributed by atoms with Crippen molar-refractivity contribution in [3.63, 3.8) is 0 Å². The Morgan fingerprint density at radius 1 is 1.62 bits per heavy atom. The van der Waals surface area contributed by atoms with Crippen LogP contribution in [0.25, 0.3) is 0 Å². The molecule has 0 amide bonds. The van der Waals surface area contributed by atoms with E-state index >= 15 is 0 Å². The molecule has 16 heavy (non-hydrogen) atoms. The minimum atomic E-state index is -0.613. The van der Waals surface area contributed by atoms with E-state index in [1.165, 1.54) is 13.2 Å². The fourth-order valence-electron chi connectivity index (χ4n) is 1.30. The summed E-state index contributed by atoms with van der Waals surface area (Å²) >= 11 is 3.19. The van der Waals surface area contributed by atoms with Crippen LogP contribution in [0.5, 0.6) is 0 Å². The smallest absolute Gasteiger partial charge is 0.310 e. The highest BCUT2D eigenvalue weighted by Gasteiger charge is 2.13. The lowest BCUT2D eigenvalue weighted by atomic mass is 10.0. The molecule has 0 aliphatic heterocycles. The topological polar surface area (TPSA) is 50.1 Å². The summed E-state index contributed by atoms with van der Waals surface area (Å²) in [4.78, 5) is 11.1. The molecule has 1 aromatic rings. The number of ether oxygens (including phenoxy) is 1. The lowest BCUT2D eigenvalue weighted by Crippen LogP contribution is -2.07. The molecule has 1 rings (SSSR count). The van der Waals surface area contributed by atoms with E-state index in [1.807, 2.05) is 0 Å². The van der Waals surface area contributed by atoms with Crippen molar-refractivity contribution in [2.45, 2.75) is 11.8 Å². The minimum absolute atomic E-state index is 0.100. The quantitative estimate of drug-likeness (QED) is 0.633. The van der Waals surface area contributed by atoms with E-state index in [0.29, 0.717) is 16.5 Å². The fraction of sp³-hybridized carbons (Fsp3) is 0.273. The van der Waals surface area contributed by atoms with Gasteiger partial charge < -0.3 is 4.74 Å². The summed E-state index contributed by atoms with van der Waals surface area (Å²) in [5.74, 6) is -1.11. The third-order valence-corrected chi connectivity index (χ3v) is 2.71. The first-order chi connectivity index (χ1) is 7.62. The van der Waals surface area contributed by atoms with Crippen LogP contribution in [0.1, 0.15) is 16.7 Å². The van der Waals surface area contributed by atoms with Gasteiger partial charge in [-0.3, -0.25) is 4.79 Å². The molecule has 0 aliphatic carbocycles. The molecule has 3 nitrogen and oxygen atoms in total. The predicted molar refractivity (Wildman–Crippen MR) is 59.5 cm³/mol. The van der Waals surface area contributed by atoms with Crippen molar-refractivity contribution in [2.24, 2.45) is 0 Å². The van der Waals surface area contributed by atoms with Gasteiger partial charge in [0.2, 0.25) is 0 Å². The Morgan fingerprint density at radius 2 is 2.31 bits per heavy atom. The van der Waals surface area contributed by atoms with Gasteiger partial charge in [-0.15, -0.1) is 0 Å². The van der Waals surface area contributed by atoms with Crippen molar-refractivity contribution in [2.75, 3.05) is 7.11 Å². The van der Waals surface area contributed by atoms with Crippen LogP contribution in [0.4, 0.5) is 4.39 Å². The summed E-state index contributed by atoms with van der Waals surface area (Å²) in [6.07, 6.45) is -0.100. The number of nitrogens with zero attached hydrogens (tertiary/aromatic N) is 1. The van der Waals surface area contributed by atoms with E-state index in [2.05, 4.69) is 20.7 Å². The van der Waals surface area contributed by atoms with Gasteiger partial charge in [0.05, 0.1) is 19.1 Å². The highest BCUT2D eigenvalue weighted by Crippen LogP contribution is 2.18. The van der Waals surface area contributed by atoms with E-state index in [1.54, 1.807) is 12.1 Å². The van der Waals surface area contributed by atoms with Crippen LogP contribution in [-0.4, -0.2) is 13.1 Å². The first kappa shape index (κ1) is 12.7. The second kappa shape index (κ2) is 5.61. The van der Waals surface area contributed by atoms with Gasteiger partial charge in [0, 0.05) is 5.33 Å². The van der Waals surface area contributed by atoms with Crippen molar-refractivity contribution < 1.29 is 13.9 Å². The Balaban J connectivity index is 3.19. The van der Waals surface area contributed by atoms with Crippen molar-refractivity contribution in [3.8, 4) is 6.07 Å². The third kappa shape index (κ3) is 2.80. The van der Waals surface area contributed by atoms with Gasteiger partial charge in [0.15, 0.2) is 0 Å². The number of benzene rings is 1. The molecule has 0 aromatic heterocycles. The lowest BCUT2D eigenvalue weighted by molar-refractivity contribution is -0.139. The zero-order valence-corrected chi connectivity index (χ0v) is 10.2. The van der Waals surface area contributed by atoms with E-state index in [9.17, 15) is 9.18 Å². The second-order valence-corrected chi connectivity index (χ2v) is 3.67. The summed E-state index contributed by atoms with van der Waals surface area (Å²) in [6.45, 7) is 0. The highest BCUT2D eigenvalue weighted by molar-refractivity contribution is 9.08. The van der Waals surface area contributed by atoms with Gasteiger partial charge in [-0.1, -0.05) is 22.0 Å². The average molecular weight is 286 g/mol. The molecular formula is C11H9BrFNO2. The normalized spacial score (nSPS) is 9.62. The van der Waals surface area contributed by atoms with Gasteiger partial charge in [-0.05, 0) is 17.2 Å². The number of methoxy groups -OCH3 is 1. The van der Waals surface area contributed by atoms with E-state index in [4.69, 9.17) is 5.26 Å². The van der Waals surface area contributed by atoms with Crippen LogP contribution in [0.15, 0.2) is 12.1 Å². The number of alkyl halides is 1. The predicted octanol–water partition coefficient (Wildman–Crippen LogP) is 2.31. The summed E-state index contributed by atoms with van der Waals surface area (Å²) in [5.41, 5.74) is 0.925. The number of halogens is 2.